The van der Waals surface area contributed by atoms with Crippen LogP contribution in [0.25, 0.3) is 0 Å². The minimum Gasteiger partial charge on any atom is -0.315 e. The van der Waals surface area contributed by atoms with E-state index in [1.54, 1.807) is 0 Å². The third-order valence-electron chi connectivity index (χ3n) is 3.37. The number of nitrogens with one attached hydrogen (secondary N) is 1. The van der Waals surface area contributed by atoms with Crippen LogP contribution in [0.4, 0.5) is 0 Å². The van der Waals surface area contributed by atoms with E-state index in [1.165, 1.54) is 28.6 Å². The van der Waals surface area contributed by atoms with Crippen molar-refractivity contribution in [2.24, 2.45) is 0 Å². The van der Waals surface area contributed by atoms with Crippen LogP contribution in [-0.4, -0.2) is 25.1 Å². The van der Waals surface area contributed by atoms with Crippen LogP contribution in [0.5, 0.6) is 0 Å². The molecule has 2 rings (SSSR count). The highest BCUT2D eigenvalue weighted by molar-refractivity contribution is 9.10. The molecule has 1 fully saturated rings. The lowest BCUT2D eigenvalue weighted by Gasteiger charge is -2.43. The Labute approximate surface area is 111 Å². The highest BCUT2D eigenvalue weighted by Gasteiger charge is 2.37. The predicted molar refractivity (Wildman–Crippen MR) is 76.3 cm³/mol. The molecule has 0 spiro atoms. The van der Waals surface area contributed by atoms with Crippen LogP contribution in [0.1, 0.15) is 18.4 Å². The van der Waals surface area contributed by atoms with E-state index in [0.29, 0.717) is 5.41 Å². The quantitative estimate of drug-likeness (QED) is 0.836. The average Bonchev–Trinajstić information content (AvgIpc) is 2.22. The van der Waals surface area contributed by atoms with Crippen molar-refractivity contribution in [2.75, 3.05) is 25.1 Å². The Balaban J connectivity index is 2.08. The van der Waals surface area contributed by atoms with Crippen LogP contribution in [0.3, 0.4) is 0 Å². The van der Waals surface area contributed by atoms with Crippen LogP contribution in [0.15, 0.2) is 28.7 Å². The first-order valence-electron chi connectivity index (χ1n) is 5.73. The van der Waals surface area contributed by atoms with Gasteiger partial charge in [0.2, 0.25) is 0 Å². The molecule has 1 aromatic carbocycles. The van der Waals surface area contributed by atoms with Crippen molar-refractivity contribution in [2.45, 2.75) is 18.3 Å². The number of benzene rings is 1. The van der Waals surface area contributed by atoms with E-state index in [0.717, 1.165) is 13.1 Å². The van der Waals surface area contributed by atoms with Crippen LogP contribution in [0.2, 0.25) is 0 Å². The van der Waals surface area contributed by atoms with Gasteiger partial charge in [-0.05, 0) is 42.5 Å². The van der Waals surface area contributed by atoms with Crippen molar-refractivity contribution in [3.63, 3.8) is 0 Å². The van der Waals surface area contributed by atoms with Crippen molar-refractivity contribution in [3.05, 3.63) is 34.3 Å². The van der Waals surface area contributed by atoms with E-state index in [4.69, 9.17) is 0 Å². The standard InChI is InChI=1S/C13H18BrNS/c1-16-7-3-6-13(9-15-10-13)11-4-2-5-12(14)8-11/h2,4-5,8,15H,3,6-7,9-10H2,1H3. The lowest BCUT2D eigenvalue weighted by Crippen LogP contribution is -2.56. The second-order valence-corrected chi connectivity index (χ2v) is 6.39. The molecule has 88 valence electrons. The smallest absolute Gasteiger partial charge is 0.0203 e. The van der Waals surface area contributed by atoms with Crippen molar-refractivity contribution >= 4 is 27.7 Å². The Bertz CT molecular complexity index is 350. The molecule has 1 N–H and O–H groups in total. The zero-order valence-electron chi connectivity index (χ0n) is 9.63. The lowest BCUT2D eigenvalue weighted by molar-refractivity contribution is 0.256. The normalized spacial score (nSPS) is 18.1. The summed E-state index contributed by atoms with van der Waals surface area (Å²) in [5, 5.41) is 3.42. The molecular weight excluding hydrogens is 282 g/mol. The van der Waals surface area contributed by atoms with Gasteiger partial charge in [0, 0.05) is 23.0 Å². The van der Waals surface area contributed by atoms with Gasteiger partial charge < -0.3 is 5.32 Å². The van der Waals surface area contributed by atoms with Gasteiger partial charge in [-0.2, -0.15) is 11.8 Å². The highest BCUT2D eigenvalue weighted by Crippen LogP contribution is 2.34. The zero-order valence-corrected chi connectivity index (χ0v) is 12.0. The van der Waals surface area contributed by atoms with Crippen molar-refractivity contribution in [1.82, 2.24) is 5.32 Å². The summed E-state index contributed by atoms with van der Waals surface area (Å²) in [5.74, 6) is 1.27. The minimum atomic E-state index is 0.402. The van der Waals surface area contributed by atoms with E-state index in [1.807, 2.05) is 11.8 Å². The summed E-state index contributed by atoms with van der Waals surface area (Å²) < 4.78 is 1.20. The van der Waals surface area contributed by atoms with Crippen LogP contribution in [0, 0.1) is 0 Å². The molecule has 16 heavy (non-hydrogen) atoms. The third-order valence-corrected chi connectivity index (χ3v) is 4.56. The molecule has 0 aliphatic carbocycles. The van der Waals surface area contributed by atoms with Crippen molar-refractivity contribution < 1.29 is 0 Å². The van der Waals surface area contributed by atoms with Gasteiger partial charge >= 0.3 is 0 Å². The average molecular weight is 300 g/mol. The molecule has 1 aliphatic rings. The number of rotatable bonds is 5. The van der Waals surface area contributed by atoms with Gasteiger partial charge in [0.05, 0.1) is 0 Å². The van der Waals surface area contributed by atoms with Gasteiger partial charge in [-0.1, -0.05) is 28.1 Å². The molecule has 0 bridgehead atoms. The first kappa shape index (κ1) is 12.5. The molecule has 0 atom stereocenters. The monoisotopic (exact) mass is 299 g/mol. The van der Waals surface area contributed by atoms with Gasteiger partial charge in [-0.15, -0.1) is 0 Å². The fourth-order valence-electron chi connectivity index (χ4n) is 2.33. The molecule has 1 saturated heterocycles. The van der Waals surface area contributed by atoms with Gasteiger partial charge in [0.1, 0.15) is 0 Å². The van der Waals surface area contributed by atoms with Crippen molar-refractivity contribution in [1.29, 1.82) is 0 Å². The molecule has 1 aromatic rings. The van der Waals surface area contributed by atoms with E-state index in [-0.39, 0.29) is 0 Å². The molecule has 0 amide bonds. The molecular formula is C13H18BrNS. The van der Waals surface area contributed by atoms with Gasteiger partial charge in [-0.25, -0.2) is 0 Å². The zero-order chi connectivity index (χ0) is 11.4. The van der Waals surface area contributed by atoms with Gasteiger partial charge in [0.15, 0.2) is 0 Å². The molecule has 3 heteroatoms. The molecule has 1 aliphatic heterocycles. The summed E-state index contributed by atoms with van der Waals surface area (Å²) in [7, 11) is 0. The summed E-state index contributed by atoms with van der Waals surface area (Å²) >= 11 is 5.51. The largest absolute Gasteiger partial charge is 0.315 e. The summed E-state index contributed by atoms with van der Waals surface area (Å²) in [6, 6.07) is 8.80. The first-order valence-corrected chi connectivity index (χ1v) is 7.91. The molecule has 0 aromatic heterocycles. The maximum Gasteiger partial charge on any atom is 0.0203 e. The van der Waals surface area contributed by atoms with E-state index in [9.17, 15) is 0 Å². The third kappa shape index (κ3) is 2.63. The Morgan fingerprint density at radius 1 is 1.44 bits per heavy atom. The number of halogens is 1. The van der Waals surface area contributed by atoms with Crippen molar-refractivity contribution in [3.8, 4) is 0 Å². The topological polar surface area (TPSA) is 12.0 Å². The number of thioether (sulfide) groups is 1. The number of hydrogen-bond donors (Lipinski definition) is 1. The molecule has 1 nitrogen and oxygen atoms in total. The van der Waals surface area contributed by atoms with Crippen LogP contribution < -0.4 is 5.32 Å². The highest BCUT2D eigenvalue weighted by atomic mass is 79.9. The minimum absolute atomic E-state index is 0.402. The molecule has 0 saturated carbocycles. The predicted octanol–water partition coefficient (Wildman–Crippen LogP) is 3.43. The Hall–Kier alpha value is 0.01000. The maximum atomic E-state index is 3.57. The first-order chi connectivity index (χ1) is 7.77. The second kappa shape index (κ2) is 5.56. The molecule has 0 radical (unpaired) electrons. The maximum absolute atomic E-state index is 3.57. The number of hydrogen-bond acceptors (Lipinski definition) is 2. The summed E-state index contributed by atoms with van der Waals surface area (Å²) in [6.45, 7) is 2.27. The Kier molecular flexibility index (Phi) is 4.34. The van der Waals surface area contributed by atoms with E-state index in [2.05, 4.69) is 51.8 Å². The second-order valence-electron chi connectivity index (χ2n) is 4.49. The summed E-state index contributed by atoms with van der Waals surface area (Å²) in [6.07, 6.45) is 4.80. The SMILES string of the molecule is CSCCCC1(c2cccc(Br)c2)CNC1. The summed E-state index contributed by atoms with van der Waals surface area (Å²) in [4.78, 5) is 0. The fourth-order valence-corrected chi connectivity index (χ4v) is 3.16. The van der Waals surface area contributed by atoms with E-state index >= 15 is 0 Å². The van der Waals surface area contributed by atoms with E-state index < -0.39 is 0 Å². The van der Waals surface area contributed by atoms with Crippen LogP contribution >= 0.6 is 27.7 Å². The molecule has 1 heterocycles. The van der Waals surface area contributed by atoms with Gasteiger partial charge in [-0.3, -0.25) is 0 Å². The molecule has 0 unspecified atom stereocenters. The van der Waals surface area contributed by atoms with Gasteiger partial charge in [0.25, 0.3) is 0 Å². The Morgan fingerprint density at radius 3 is 2.81 bits per heavy atom. The summed E-state index contributed by atoms with van der Waals surface area (Å²) in [5.41, 5.74) is 1.89. The Morgan fingerprint density at radius 2 is 2.25 bits per heavy atom. The van der Waals surface area contributed by atoms with Crippen LogP contribution in [-0.2, 0) is 5.41 Å². The fraction of sp³-hybridized carbons (Fsp3) is 0.538. The lowest BCUT2D eigenvalue weighted by atomic mass is 9.72.